The number of ether oxygens (including phenoxy) is 1. The summed E-state index contributed by atoms with van der Waals surface area (Å²) in [6.07, 6.45) is 2.08. The lowest BCUT2D eigenvalue weighted by atomic mass is 10.3. The van der Waals surface area contributed by atoms with Crippen molar-refractivity contribution in [3.8, 4) is 0 Å². The number of anilines is 1. The van der Waals surface area contributed by atoms with Gasteiger partial charge in [0.25, 0.3) is 5.91 Å². The fraction of sp³-hybridized carbons (Fsp3) is 0.143. The molecule has 0 saturated carbocycles. The van der Waals surface area contributed by atoms with Gasteiger partial charge in [-0.25, -0.2) is 14.8 Å². The maximum absolute atomic E-state index is 12.3. The van der Waals surface area contributed by atoms with Crippen LogP contribution in [0.3, 0.4) is 0 Å². The number of hydrogen-bond acceptors (Lipinski definition) is 6. The predicted octanol–water partition coefficient (Wildman–Crippen LogP) is 3.28. The quantitative estimate of drug-likeness (QED) is 0.550. The van der Waals surface area contributed by atoms with Gasteiger partial charge in [0.05, 0.1) is 5.69 Å². The number of nitrogens with one attached hydrogen (secondary N) is 1. The molecule has 124 valence electrons. The average molecular weight is 385 g/mol. The van der Waals surface area contributed by atoms with Crippen molar-refractivity contribution in [2.45, 2.75) is 13.0 Å². The molecule has 10 heteroatoms. The molecule has 3 rings (SSSR count). The zero-order valence-corrected chi connectivity index (χ0v) is 14.5. The number of rotatable bonds is 4. The van der Waals surface area contributed by atoms with Gasteiger partial charge in [0.15, 0.2) is 27.1 Å². The Hall–Kier alpha value is -2.16. The van der Waals surface area contributed by atoms with Crippen molar-refractivity contribution >= 4 is 57.1 Å². The number of nitrogens with zero attached hydrogens (tertiary/aromatic N) is 3. The number of halogens is 2. The number of carbonyl (C=O) groups excluding carboxylic acids is 2. The molecule has 3 aromatic heterocycles. The Kier molecular flexibility index (Phi) is 4.70. The molecule has 0 aromatic carbocycles. The smallest absolute Gasteiger partial charge is 0.359 e. The Labute approximate surface area is 150 Å². The molecule has 0 fully saturated rings. The third kappa shape index (κ3) is 3.21. The molecule has 0 aliphatic heterocycles. The second kappa shape index (κ2) is 6.76. The molecule has 0 saturated heterocycles. The van der Waals surface area contributed by atoms with Gasteiger partial charge in [0.2, 0.25) is 0 Å². The summed E-state index contributed by atoms with van der Waals surface area (Å²) in [6, 6.07) is 3.21. The first-order valence-electron chi connectivity index (χ1n) is 6.70. The predicted molar refractivity (Wildman–Crippen MR) is 90.8 cm³/mol. The molecular weight excluding hydrogens is 375 g/mol. The molecule has 3 heterocycles. The van der Waals surface area contributed by atoms with Crippen LogP contribution in [0.25, 0.3) is 4.96 Å². The molecule has 0 radical (unpaired) electrons. The van der Waals surface area contributed by atoms with Gasteiger partial charge in [-0.1, -0.05) is 23.2 Å². The molecule has 1 atom stereocenters. The minimum Gasteiger partial charge on any atom is -0.448 e. The fourth-order valence-electron chi connectivity index (χ4n) is 1.93. The maximum Gasteiger partial charge on any atom is 0.359 e. The van der Waals surface area contributed by atoms with Crippen molar-refractivity contribution in [3.63, 3.8) is 0 Å². The van der Waals surface area contributed by atoms with Gasteiger partial charge < -0.3 is 10.1 Å². The van der Waals surface area contributed by atoms with E-state index in [1.165, 1.54) is 28.9 Å². The zero-order valence-electron chi connectivity index (χ0n) is 12.2. The molecule has 0 spiro atoms. The second-order valence-corrected chi connectivity index (χ2v) is 6.27. The summed E-state index contributed by atoms with van der Waals surface area (Å²) in [7, 11) is 0. The van der Waals surface area contributed by atoms with Crippen LogP contribution in [0, 0.1) is 0 Å². The molecule has 1 N–H and O–H groups in total. The molecule has 0 unspecified atom stereocenters. The van der Waals surface area contributed by atoms with E-state index in [0.29, 0.717) is 10.6 Å². The third-order valence-corrected chi connectivity index (χ3v) is 4.40. The van der Waals surface area contributed by atoms with Crippen LogP contribution in [0.15, 0.2) is 29.9 Å². The number of aromatic nitrogens is 3. The van der Waals surface area contributed by atoms with Crippen LogP contribution in [0.5, 0.6) is 0 Å². The van der Waals surface area contributed by atoms with Gasteiger partial charge in [-0.05, 0) is 19.1 Å². The standard InChI is InChI=1S/C14H10Cl2N4O3S/c1-7(12(21)18-8-3-2-4-17-10(8)15)23-13(22)9-11(16)19-14-20(9)5-6-24-14/h2-7H,1H3,(H,18,21)/t7-/m0/s1. The van der Waals surface area contributed by atoms with Crippen molar-refractivity contribution in [1.29, 1.82) is 0 Å². The minimum absolute atomic E-state index is 0.0229. The van der Waals surface area contributed by atoms with Crippen LogP contribution in [-0.2, 0) is 9.53 Å². The third-order valence-electron chi connectivity index (χ3n) is 3.08. The Morgan fingerprint density at radius 2 is 2.17 bits per heavy atom. The first kappa shape index (κ1) is 16.7. The lowest BCUT2D eigenvalue weighted by Gasteiger charge is -2.13. The SMILES string of the molecule is C[C@H](OC(=O)c1c(Cl)nc2sccn12)C(=O)Nc1cccnc1Cl. The van der Waals surface area contributed by atoms with E-state index < -0.39 is 18.0 Å². The number of thiazole rings is 1. The number of pyridine rings is 1. The summed E-state index contributed by atoms with van der Waals surface area (Å²) in [6.45, 7) is 1.44. The van der Waals surface area contributed by atoms with E-state index in [2.05, 4.69) is 15.3 Å². The van der Waals surface area contributed by atoms with Crippen molar-refractivity contribution in [2.75, 3.05) is 5.32 Å². The maximum atomic E-state index is 12.3. The van der Waals surface area contributed by atoms with E-state index in [9.17, 15) is 9.59 Å². The number of hydrogen-bond donors (Lipinski definition) is 1. The molecule has 7 nitrogen and oxygen atoms in total. The Morgan fingerprint density at radius 1 is 1.38 bits per heavy atom. The number of amides is 1. The highest BCUT2D eigenvalue weighted by molar-refractivity contribution is 7.15. The molecule has 1 amide bonds. The van der Waals surface area contributed by atoms with Gasteiger partial charge in [-0.3, -0.25) is 9.20 Å². The summed E-state index contributed by atoms with van der Waals surface area (Å²) in [4.78, 5) is 32.9. The molecule has 0 aliphatic rings. The van der Waals surface area contributed by atoms with Crippen LogP contribution in [-0.4, -0.2) is 32.3 Å². The zero-order chi connectivity index (χ0) is 17.3. The monoisotopic (exact) mass is 384 g/mol. The Morgan fingerprint density at radius 3 is 2.92 bits per heavy atom. The minimum atomic E-state index is -1.06. The number of esters is 1. The first-order chi connectivity index (χ1) is 11.5. The highest BCUT2D eigenvalue weighted by atomic mass is 35.5. The van der Waals surface area contributed by atoms with Crippen LogP contribution in [0.1, 0.15) is 17.4 Å². The van der Waals surface area contributed by atoms with Gasteiger partial charge in [-0.2, -0.15) is 0 Å². The highest BCUT2D eigenvalue weighted by Gasteiger charge is 2.25. The van der Waals surface area contributed by atoms with Gasteiger partial charge in [-0.15, -0.1) is 11.3 Å². The summed E-state index contributed by atoms with van der Waals surface area (Å²) in [5.74, 6) is -1.29. The second-order valence-electron chi connectivity index (χ2n) is 4.69. The van der Waals surface area contributed by atoms with Crippen molar-refractivity contribution in [2.24, 2.45) is 0 Å². The van der Waals surface area contributed by atoms with E-state index in [1.54, 1.807) is 23.7 Å². The van der Waals surface area contributed by atoms with Crippen LogP contribution in [0.2, 0.25) is 10.3 Å². The van der Waals surface area contributed by atoms with Crippen molar-refractivity contribution in [3.05, 3.63) is 45.9 Å². The molecular formula is C14H10Cl2N4O3S. The van der Waals surface area contributed by atoms with Crippen LogP contribution < -0.4 is 5.32 Å². The summed E-state index contributed by atoms with van der Waals surface area (Å²) in [5, 5.41) is 4.47. The molecule has 24 heavy (non-hydrogen) atoms. The largest absolute Gasteiger partial charge is 0.448 e. The van der Waals surface area contributed by atoms with Gasteiger partial charge in [0, 0.05) is 17.8 Å². The number of fused-ring (bicyclic) bond motifs is 1. The Bertz CT molecular complexity index is 924. The summed E-state index contributed by atoms with van der Waals surface area (Å²) < 4.78 is 6.68. The number of imidazole rings is 1. The fourth-order valence-corrected chi connectivity index (χ4v) is 3.10. The summed E-state index contributed by atoms with van der Waals surface area (Å²) >= 11 is 13.2. The van der Waals surface area contributed by atoms with Gasteiger partial charge >= 0.3 is 5.97 Å². The molecule has 0 aliphatic carbocycles. The van der Waals surface area contributed by atoms with Gasteiger partial charge in [0.1, 0.15) is 0 Å². The normalized spacial score (nSPS) is 12.1. The van der Waals surface area contributed by atoms with E-state index in [0.717, 1.165) is 0 Å². The Balaban J connectivity index is 1.72. The van der Waals surface area contributed by atoms with Crippen LogP contribution >= 0.6 is 34.5 Å². The topological polar surface area (TPSA) is 85.6 Å². The molecule has 0 bridgehead atoms. The molecule has 3 aromatic rings. The summed E-state index contributed by atoms with van der Waals surface area (Å²) in [5.41, 5.74) is 0.404. The average Bonchev–Trinajstić information content (AvgIpc) is 3.08. The lowest BCUT2D eigenvalue weighted by Crippen LogP contribution is -2.30. The van der Waals surface area contributed by atoms with Crippen molar-refractivity contribution < 1.29 is 14.3 Å². The highest BCUT2D eigenvalue weighted by Crippen LogP contribution is 2.23. The van der Waals surface area contributed by atoms with Crippen molar-refractivity contribution in [1.82, 2.24) is 14.4 Å². The van der Waals surface area contributed by atoms with E-state index >= 15 is 0 Å². The van der Waals surface area contributed by atoms with E-state index in [-0.39, 0.29) is 16.0 Å². The van der Waals surface area contributed by atoms with Crippen LogP contribution in [0.4, 0.5) is 5.69 Å². The number of carbonyl (C=O) groups is 2. The lowest BCUT2D eigenvalue weighted by molar-refractivity contribution is -0.123. The van der Waals surface area contributed by atoms with E-state index in [1.807, 2.05) is 0 Å². The first-order valence-corrected chi connectivity index (χ1v) is 8.34. The van der Waals surface area contributed by atoms with E-state index in [4.69, 9.17) is 27.9 Å².